The highest BCUT2D eigenvalue weighted by atomic mass is 16.6. The predicted molar refractivity (Wildman–Crippen MR) is 88.5 cm³/mol. The van der Waals surface area contributed by atoms with Gasteiger partial charge in [0.2, 0.25) is 0 Å². The van der Waals surface area contributed by atoms with Gasteiger partial charge in [-0.1, -0.05) is 0 Å². The molecule has 7 nitrogen and oxygen atoms in total. The Balaban J connectivity index is 2.26. The standard InChI is InChI=1S/C16H22N4O3/c1-16(2,3)23-15(21)19-13-9-14(11(10-17)8-12(13)18)20-4-6-22-7-5-20/h8-9H,4-7,18H2,1-3H3,(H,19,21). The molecule has 0 bridgehead atoms. The van der Waals surface area contributed by atoms with Gasteiger partial charge in [-0.3, -0.25) is 5.32 Å². The average Bonchev–Trinajstić information content (AvgIpc) is 2.48. The number of rotatable bonds is 2. The van der Waals surface area contributed by atoms with Crippen LogP contribution in [0.3, 0.4) is 0 Å². The van der Waals surface area contributed by atoms with Gasteiger partial charge in [-0.2, -0.15) is 5.26 Å². The third-order valence-corrected chi connectivity index (χ3v) is 3.28. The minimum atomic E-state index is -0.599. The van der Waals surface area contributed by atoms with E-state index in [9.17, 15) is 10.1 Å². The molecule has 0 aliphatic carbocycles. The largest absolute Gasteiger partial charge is 0.444 e. The van der Waals surface area contributed by atoms with Crippen molar-refractivity contribution in [2.45, 2.75) is 26.4 Å². The van der Waals surface area contributed by atoms with Crippen molar-refractivity contribution in [3.63, 3.8) is 0 Å². The number of nitriles is 1. The fraction of sp³-hybridized carbons (Fsp3) is 0.500. The first-order chi connectivity index (χ1) is 10.8. The van der Waals surface area contributed by atoms with E-state index in [1.165, 1.54) is 0 Å². The van der Waals surface area contributed by atoms with Crippen LogP contribution in [0.1, 0.15) is 26.3 Å². The van der Waals surface area contributed by atoms with Crippen LogP contribution in [-0.4, -0.2) is 38.0 Å². The third kappa shape index (κ3) is 4.50. The minimum absolute atomic E-state index is 0.324. The van der Waals surface area contributed by atoms with E-state index >= 15 is 0 Å². The summed E-state index contributed by atoms with van der Waals surface area (Å²) in [7, 11) is 0. The Labute approximate surface area is 136 Å². The maximum Gasteiger partial charge on any atom is 0.412 e. The van der Waals surface area contributed by atoms with E-state index in [0.29, 0.717) is 43.2 Å². The van der Waals surface area contributed by atoms with Crippen molar-refractivity contribution in [2.75, 3.05) is 42.3 Å². The molecule has 7 heteroatoms. The molecule has 1 aromatic carbocycles. The lowest BCUT2D eigenvalue weighted by atomic mass is 10.1. The molecular formula is C16H22N4O3. The Morgan fingerprint density at radius 2 is 2.04 bits per heavy atom. The molecule has 0 atom stereocenters. The molecule has 23 heavy (non-hydrogen) atoms. The van der Waals surface area contributed by atoms with Crippen molar-refractivity contribution in [3.05, 3.63) is 17.7 Å². The molecule has 1 fully saturated rings. The molecule has 1 aliphatic heterocycles. The number of morpholine rings is 1. The summed E-state index contributed by atoms with van der Waals surface area (Å²) in [6.07, 6.45) is -0.582. The van der Waals surface area contributed by atoms with E-state index in [1.807, 2.05) is 4.90 Å². The van der Waals surface area contributed by atoms with E-state index in [1.54, 1.807) is 32.9 Å². The van der Waals surface area contributed by atoms with Crippen molar-refractivity contribution in [1.82, 2.24) is 0 Å². The van der Waals surface area contributed by atoms with E-state index in [0.717, 1.165) is 5.69 Å². The Bertz CT molecular complexity index is 625. The summed E-state index contributed by atoms with van der Waals surface area (Å²) in [5.41, 5.74) is 7.30. The maximum absolute atomic E-state index is 11.9. The molecule has 0 spiro atoms. The Morgan fingerprint density at radius 1 is 1.39 bits per heavy atom. The van der Waals surface area contributed by atoms with Gasteiger partial charge in [0.1, 0.15) is 11.7 Å². The minimum Gasteiger partial charge on any atom is -0.444 e. The number of hydrogen-bond donors (Lipinski definition) is 2. The van der Waals surface area contributed by atoms with Crippen LogP contribution in [0.2, 0.25) is 0 Å². The van der Waals surface area contributed by atoms with E-state index in [4.69, 9.17) is 15.2 Å². The summed E-state index contributed by atoms with van der Waals surface area (Å²) in [6.45, 7) is 7.93. The van der Waals surface area contributed by atoms with Crippen LogP contribution in [0.5, 0.6) is 0 Å². The van der Waals surface area contributed by atoms with E-state index in [2.05, 4.69) is 11.4 Å². The lowest BCUT2D eigenvalue weighted by Gasteiger charge is -2.30. The molecule has 3 N–H and O–H groups in total. The SMILES string of the molecule is CC(C)(C)OC(=O)Nc1cc(N2CCOCC2)c(C#N)cc1N. The predicted octanol–water partition coefficient (Wildman–Crippen LogP) is 2.32. The van der Waals surface area contributed by atoms with Gasteiger partial charge in [-0.15, -0.1) is 0 Å². The summed E-state index contributed by atoms with van der Waals surface area (Å²) < 4.78 is 10.6. The first-order valence-electron chi connectivity index (χ1n) is 7.46. The van der Waals surface area contributed by atoms with Crippen molar-refractivity contribution in [3.8, 4) is 6.07 Å². The highest BCUT2D eigenvalue weighted by Crippen LogP contribution is 2.30. The van der Waals surface area contributed by atoms with Crippen molar-refractivity contribution >= 4 is 23.2 Å². The summed E-state index contributed by atoms with van der Waals surface area (Å²) in [4.78, 5) is 14.0. The number of ether oxygens (including phenoxy) is 2. The van der Waals surface area contributed by atoms with Gasteiger partial charge < -0.3 is 20.1 Å². The van der Waals surface area contributed by atoms with Crippen LogP contribution in [0, 0.1) is 11.3 Å². The first-order valence-corrected chi connectivity index (χ1v) is 7.46. The zero-order valence-corrected chi connectivity index (χ0v) is 13.7. The van der Waals surface area contributed by atoms with Crippen LogP contribution in [-0.2, 0) is 9.47 Å². The van der Waals surface area contributed by atoms with Gasteiger partial charge in [-0.25, -0.2) is 4.79 Å². The van der Waals surface area contributed by atoms with Gasteiger partial charge in [0.25, 0.3) is 0 Å². The normalized spacial score (nSPS) is 15.0. The molecule has 2 rings (SSSR count). The molecular weight excluding hydrogens is 296 g/mol. The lowest BCUT2D eigenvalue weighted by Crippen LogP contribution is -2.36. The smallest absolute Gasteiger partial charge is 0.412 e. The van der Waals surface area contributed by atoms with E-state index in [-0.39, 0.29) is 0 Å². The zero-order valence-electron chi connectivity index (χ0n) is 13.7. The summed E-state index contributed by atoms with van der Waals surface area (Å²) in [6, 6.07) is 5.42. The summed E-state index contributed by atoms with van der Waals surface area (Å²) >= 11 is 0. The van der Waals surface area contributed by atoms with Crippen molar-refractivity contribution < 1.29 is 14.3 Å². The topological polar surface area (TPSA) is 101 Å². The summed E-state index contributed by atoms with van der Waals surface area (Å²) in [5, 5.41) is 12.0. The fourth-order valence-electron chi connectivity index (χ4n) is 2.28. The van der Waals surface area contributed by atoms with Gasteiger partial charge in [0.05, 0.1) is 35.8 Å². The molecule has 1 saturated heterocycles. The third-order valence-electron chi connectivity index (χ3n) is 3.28. The Hall–Kier alpha value is -2.46. The van der Waals surface area contributed by atoms with Crippen molar-refractivity contribution in [1.29, 1.82) is 5.26 Å². The van der Waals surface area contributed by atoms with Crippen LogP contribution in [0.4, 0.5) is 21.9 Å². The fourth-order valence-corrected chi connectivity index (χ4v) is 2.28. The molecule has 0 unspecified atom stereocenters. The van der Waals surface area contributed by atoms with Gasteiger partial charge in [0.15, 0.2) is 0 Å². The second-order valence-corrected chi connectivity index (χ2v) is 6.29. The van der Waals surface area contributed by atoms with Crippen LogP contribution in [0.25, 0.3) is 0 Å². The molecule has 1 aliphatic rings. The van der Waals surface area contributed by atoms with Gasteiger partial charge in [0, 0.05) is 13.1 Å². The molecule has 0 radical (unpaired) electrons. The van der Waals surface area contributed by atoms with E-state index < -0.39 is 11.7 Å². The number of nitrogens with one attached hydrogen (secondary N) is 1. The Kier molecular flexibility index (Phi) is 4.96. The molecule has 0 saturated carbocycles. The zero-order chi connectivity index (χ0) is 17.0. The number of anilines is 3. The number of nitrogens with two attached hydrogens (primary N) is 1. The Morgan fingerprint density at radius 3 is 2.61 bits per heavy atom. The number of nitrogen functional groups attached to an aromatic ring is 1. The molecule has 1 aromatic rings. The van der Waals surface area contributed by atoms with Crippen LogP contribution in [0.15, 0.2) is 12.1 Å². The van der Waals surface area contributed by atoms with Gasteiger partial charge in [-0.05, 0) is 32.9 Å². The van der Waals surface area contributed by atoms with Crippen LogP contribution < -0.4 is 16.0 Å². The number of benzene rings is 1. The highest BCUT2D eigenvalue weighted by Gasteiger charge is 2.20. The van der Waals surface area contributed by atoms with Crippen molar-refractivity contribution in [2.24, 2.45) is 0 Å². The second-order valence-electron chi connectivity index (χ2n) is 6.29. The number of carbonyl (C=O) groups excluding carboxylic acids is 1. The second kappa shape index (κ2) is 6.75. The number of nitrogens with zero attached hydrogens (tertiary/aromatic N) is 2. The molecule has 1 amide bonds. The average molecular weight is 318 g/mol. The number of amides is 1. The molecule has 1 heterocycles. The highest BCUT2D eigenvalue weighted by molar-refractivity contribution is 5.91. The monoisotopic (exact) mass is 318 g/mol. The maximum atomic E-state index is 11.9. The quantitative estimate of drug-likeness (QED) is 0.812. The van der Waals surface area contributed by atoms with Crippen LogP contribution >= 0.6 is 0 Å². The molecule has 0 aromatic heterocycles. The number of hydrogen-bond acceptors (Lipinski definition) is 6. The summed E-state index contributed by atoms with van der Waals surface area (Å²) in [5.74, 6) is 0. The van der Waals surface area contributed by atoms with Gasteiger partial charge >= 0.3 is 6.09 Å². The lowest BCUT2D eigenvalue weighted by molar-refractivity contribution is 0.0636. The molecule has 124 valence electrons. The number of carbonyl (C=O) groups is 1. The first kappa shape index (κ1) is 16.9.